The number of carbonyl (C=O) groups excluding carboxylic acids is 1. The van der Waals surface area contributed by atoms with Crippen molar-refractivity contribution in [3.05, 3.63) is 17.0 Å². The molecule has 2 rings (SSSR count). The maximum atomic E-state index is 12.0. The number of hydrogen-bond acceptors (Lipinski definition) is 3. The number of aromatic nitrogens is 2. The van der Waals surface area contributed by atoms with E-state index in [1.807, 2.05) is 32.6 Å². The second-order valence-corrected chi connectivity index (χ2v) is 5.21. The first kappa shape index (κ1) is 13.1. The first-order chi connectivity index (χ1) is 8.43. The van der Waals surface area contributed by atoms with Gasteiger partial charge in [-0.3, -0.25) is 9.48 Å². The Morgan fingerprint density at radius 3 is 2.56 bits per heavy atom. The number of nitrogens with two attached hydrogens (primary N) is 1. The summed E-state index contributed by atoms with van der Waals surface area (Å²) in [4.78, 5) is 13.8. The van der Waals surface area contributed by atoms with Crippen LogP contribution in [0.4, 0.5) is 0 Å². The molecule has 0 saturated carbocycles. The Kier molecular flexibility index (Phi) is 3.43. The molecule has 0 aromatic carbocycles. The van der Waals surface area contributed by atoms with Crippen molar-refractivity contribution in [3.63, 3.8) is 0 Å². The Labute approximate surface area is 108 Å². The summed E-state index contributed by atoms with van der Waals surface area (Å²) in [6.07, 6.45) is 2.35. The van der Waals surface area contributed by atoms with Crippen molar-refractivity contribution in [3.8, 4) is 0 Å². The first-order valence-corrected chi connectivity index (χ1v) is 6.44. The number of aryl methyl sites for hydroxylation is 2. The number of hydrogen-bond donors (Lipinski definition) is 1. The molecule has 2 atom stereocenters. The van der Waals surface area contributed by atoms with E-state index in [-0.39, 0.29) is 18.0 Å². The number of carbonyl (C=O) groups is 1. The van der Waals surface area contributed by atoms with Gasteiger partial charge < -0.3 is 10.6 Å². The van der Waals surface area contributed by atoms with Crippen molar-refractivity contribution in [2.45, 2.75) is 45.2 Å². The molecule has 2 heterocycles. The molecule has 0 aliphatic carbocycles. The normalized spacial score (nSPS) is 25.4. The van der Waals surface area contributed by atoms with Crippen LogP contribution in [-0.2, 0) is 11.8 Å². The summed E-state index contributed by atoms with van der Waals surface area (Å²) in [5.74, 6) is 0.176. The van der Waals surface area contributed by atoms with Crippen LogP contribution < -0.4 is 5.73 Å². The zero-order valence-corrected chi connectivity index (χ0v) is 11.6. The summed E-state index contributed by atoms with van der Waals surface area (Å²) in [6.45, 7) is 4.02. The fourth-order valence-electron chi connectivity index (χ4n) is 2.89. The van der Waals surface area contributed by atoms with Gasteiger partial charge in [-0.25, -0.2) is 0 Å². The number of likely N-dealkylation sites (tertiary alicyclic amines) is 1. The fourth-order valence-corrected chi connectivity index (χ4v) is 2.89. The highest BCUT2D eigenvalue weighted by Crippen LogP contribution is 2.32. The van der Waals surface area contributed by atoms with E-state index in [0.717, 1.165) is 29.8 Å². The molecule has 100 valence electrons. The molecule has 1 saturated heterocycles. The average Bonchev–Trinajstić information content (AvgIpc) is 2.48. The predicted octanol–water partition coefficient (Wildman–Crippen LogP) is 1.05. The number of amides is 1. The summed E-state index contributed by atoms with van der Waals surface area (Å²) < 4.78 is 1.86. The molecule has 1 aromatic heterocycles. The lowest BCUT2D eigenvalue weighted by molar-refractivity contribution is -0.131. The van der Waals surface area contributed by atoms with E-state index in [9.17, 15) is 4.79 Å². The predicted molar refractivity (Wildman–Crippen MR) is 70.0 cm³/mol. The maximum Gasteiger partial charge on any atom is 0.222 e. The van der Waals surface area contributed by atoms with Crippen molar-refractivity contribution < 1.29 is 4.79 Å². The molecular formula is C13H22N4O. The lowest BCUT2D eigenvalue weighted by Crippen LogP contribution is -2.40. The van der Waals surface area contributed by atoms with Gasteiger partial charge in [0.05, 0.1) is 11.7 Å². The third-order valence-electron chi connectivity index (χ3n) is 4.01. The van der Waals surface area contributed by atoms with E-state index in [0.29, 0.717) is 6.42 Å². The van der Waals surface area contributed by atoms with Crippen molar-refractivity contribution >= 4 is 5.91 Å². The summed E-state index contributed by atoms with van der Waals surface area (Å²) in [5, 5.41) is 4.43. The topological polar surface area (TPSA) is 64.2 Å². The zero-order valence-electron chi connectivity index (χ0n) is 11.6. The van der Waals surface area contributed by atoms with E-state index in [1.54, 1.807) is 4.90 Å². The minimum absolute atomic E-state index is 0.0111. The molecule has 5 nitrogen and oxygen atoms in total. The molecule has 0 radical (unpaired) electrons. The summed E-state index contributed by atoms with van der Waals surface area (Å²) in [5.41, 5.74) is 9.45. The van der Waals surface area contributed by atoms with Gasteiger partial charge in [-0.05, 0) is 26.7 Å². The van der Waals surface area contributed by atoms with Crippen LogP contribution >= 0.6 is 0 Å². The van der Waals surface area contributed by atoms with E-state index in [2.05, 4.69) is 5.10 Å². The van der Waals surface area contributed by atoms with Crippen molar-refractivity contribution in [1.29, 1.82) is 0 Å². The van der Waals surface area contributed by atoms with E-state index in [4.69, 9.17) is 5.73 Å². The number of rotatable bonds is 1. The molecule has 1 aliphatic heterocycles. The lowest BCUT2D eigenvalue weighted by atomic mass is 9.95. The van der Waals surface area contributed by atoms with Crippen LogP contribution in [0.2, 0.25) is 0 Å². The SMILES string of the molecule is Cc1nn(C)c(C)c1C1C(N)CCCC(=O)N1C. The monoisotopic (exact) mass is 250 g/mol. The van der Waals surface area contributed by atoms with Gasteiger partial charge in [-0.2, -0.15) is 5.10 Å². The summed E-state index contributed by atoms with van der Waals surface area (Å²) in [6, 6.07) is -0.0586. The zero-order chi connectivity index (χ0) is 13.4. The fraction of sp³-hybridized carbons (Fsp3) is 0.692. The third-order valence-corrected chi connectivity index (χ3v) is 4.01. The molecule has 1 aromatic rings. The number of likely N-dealkylation sites (N-methyl/N-ethyl adjacent to an activating group) is 1. The van der Waals surface area contributed by atoms with Crippen LogP contribution in [0.1, 0.15) is 42.3 Å². The van der Waals surface area contributed by atoms with Crippen LogP contribution in [-0.4, -0.2) is 33.7 Å². The van der Waals surface area contributed by atoms with Crippen LogP contribution in [0.15, 0.2) is 0 Å². The highest BCUT2D eigenvalue weighted by molar-refractivity contribution is 5.77. The lowest BCUT2D eigenvalue weighted by Gasteiger charge is -2.31. The number of nitrogens with zero attached hydrogens (tertiary/aromatic N) is 3. The van der Waals surface area contributed by atoms with Gasteiger partial charge >= 0.3 is 0 Å². The molecule has 1 aliphatic rings. The molecule has 1 amide bonds. The van der Waals surface area contributed by atoms with Crippen LogP contribution in [0.5, 0.6) is 0 Å². The van der Waals surface area contributed by atoms with E-state index < -0.39 is 0 Å². The second-order valence-electron chi connectivity index (χ2n) is 5.21. The molecule has 2 N–H and O–H groups in total. The van der Waals surface area contributed by atoms with Crippen molar-refractivity contribution in [2.75, 3.05) is 7.05 Å². The van der Waals surface area contributed by atoms with Gasteiger partial charge in [0.2, 0.25) is 5.91 Å². The highest BCUT2D eigenvalue weighted by atomic mass is 16.2. The molecule has 0 spiro atoms. The summed E-state index contributed by atoms with van der Waals surface area (Å²) >= 11 is 0. The third kappa shape index (κ3) is 2.03. The largest absolute Gasteiger partial charge is 0.337 e. The van der Waals surface area contributed by atoms with E-state index >= 15 is 0 Å². The summed E-state index contributed by atoms with van der Waals surface area (Å²) in [7, 11) is 3.78. The van der Waals surface area contributed by atoms with Gasteiger partial charge in [0.25, 0.3) is 0 Å². The Morgan fingerprint density at radius 1 is 1.33 bits per heavy atom. The molecule has 5 heteroatoms. The van der Waals surface area contributed by atoms with Gasteiger partial charge in [0, 0.05) is 37.8 Å². The van der Waals surface area contributed by atoms with Crippen molar-refractivity contribution in [2.24, 2.45) is 12.8 Å². The van der Waals surface area contributed by atoms with Gasteiger partial charge in [-0.1, -0.05) is 0 Å². The van der Waals surface area contributed by atoms with Crippen molar-refractivity contribution in [1.82, 2.24) is 14.7 Å². The van der Waals surface area contributed by atoms with Gasteiger partial charge in [0.15, 0.2) is 0 Å². The van der Waals surface area contributed by atoms with Gasteiger partial charge in [0.1, 0.15) is 0 Å². The van der Waals surface area contributed by atoms with E-state index in [1.165, 1.54) is 0 Å². The second kappa shape index (κ2) is 4.72. The molecular weight excluding hydrogens is 228 g/mol. The molecule has 1 fully saturated rings. The molecule has 2 unspecified atom stereocenters. The Balaban J connectivity index is 2.48. The standard InChI is InChI=1S/C13H22N4O/c1-8-12(9(2)17(4)15-8)13-10(14)6-5-7-11(18)16(13)3/h10,13H,5-7,14H2,1-4H3. The quantitative estimate of drug-likeness (QED) is 0.810. The Hall–Kier alpha value is -1.36. The average molecular weight is 250 g/mol. The Bertz CT molecular complexity index is 466. The smallest absolute Gasteiger partial charge is 0.222 e. The first-order valence-electron chi connectivity index (χ1n) is 6.44. The molecule has 0 bridgehead atoms. The van der Waals surface area contributed by atoms with Gasteiger partial charge in [-0.15, -0.1) is 0 Å². The van der Waals surface area contributed by atoms with Crippen LogP contribution in [0, 0.1) is 13.8 Å². The minimum atomic E-state index is -0.0475. The maximum absolute atomic E-state index is 12.0. The molecule has 18 heavy (non-hydrogen) atoms. The highest BCUT2D eigenvalue weighted by Gasteiger charge is 2.33. The van der Waals surface area contributed by atoms with Crippen LogP contribution in [0.3, 0.4) is 0 Å². The van der Waals surface area contributed by atoms with Crippen LogP contribution in [0.25, 0.3) is 0 Å². The Morgan fingerprint density at radius 2 is 2.00 bits per heavy atom. The minimum Gasteiger partial charge on any atom is -0.337 e.